The van der Waals surface area contributed by atoms with Crippen LogP contribution in [0.5, 0.6) is 0 Å². The van der Waals surface area contributed by atoms with E-state index in [1.165, 1.54) is 315 Å². The van der Waals surface area contributed by atoms with Crippen LogP contribution in [-0.4, -0.2) is 37.2 Å². The smallest absolute Gasteiger partial charge is 0.306 e. The molecule has 0 bridgehead atoms. The molecule has 0 radical (unpaired) electrons. The Morgan fingerprint density at radius 3 is 0.641 bits per heavy atom. The molecule has 0 heterocycles. The van der Waals surface area contributed by atoms with Crippen molar-refractivity contribution >= 4 is 17.9 Å². The van der Waals surface area contributed by atoms with Crippen LogP contribution in [0.15, 0.2) is 12.2 Å². The van der Waals surface area contributed by atoms with Gasteiger partial charge in [0.1, 0.15) is 13.2 Å². The molecule has 0 aliphatic heterocycles. The molecule has 1 atom stereocenters. The lowest BCUT2D eigenvalue weighted by Gasteiger charge is -2.18. The Kier molecular flexibility index (Phi) is 66.0. The van der Waals surface area contributed by atoms with E-state index in [0.717, 1.165) is 57.8 Å². The number of ether oxygens (including phenoxy) is 3. The van der Waals surface area contributed by atoms with Gasteiger partial charge in [0.05, 0.1) is 0 Å². The van der Waals surface area contributed by atoms with E-state index in [9.17, 15) is 14.4 Å². The van der Waals surface area contributed by atoms with Crippen molar-refractivity contribution in [3.8, 4) is 0 Å². The minimum Gasteiger partial charge on any atom is -0.462 e. The van der Waals surface area contributed by atoms with Crippen LogP contribution >= 0.6 is 0 Å². The van der Waals surface area contributed by atoms with Gasteiger partial charge >= 0.3 is 17.9 Å². The molecule has 6 heteroatoms. The van der Waals surface area contributed by atoms with Crippen LogP contribution in [0.2, 0.25) is 0 Å². The minimum absolute atomic E-state index is 0.0628. The molecule has 0 aliphatic carbocycles. The van der Waals surface area contributed by atoms with Gasteiger partial charge < -0.3 is 14.2 Å². The van der Waals surface area contributed by atoms with Gasteiger partial charge in [-0.05, 0) is 44.9 Å². The molecular weight excluding hydrogens is 961 g/mol. The van der Waals surface area contributed by atoms with Crippen molar-refractivity contribution in [2.24, 2.45) is 0 Å². The minimum atomic E-state index is -0.765. The van der Waals surface area contributed by atoms with Gasteiger partial charge in [0, 0.05) is 19.3 Å². The summed E-state index contributed by atoms with van der Waals surface area (Å²) in [5.74, 6) is -0.829. The predicted molar refractivity (Wildman–Crippen MR) is 340 cm³/mol. The van der Waals surface area contributed by atoms with Crippen LogP contribution in [0.1, 0.15) is 412 Å². The molecule has 6 nitrogen and oxygen atoms in total. The zero-order valence-corrected chi connectivity index (χ0v) is 53.2. The van der Waals surface area contributed by atoms with Crippen LogP contribution in [0, 0.1) is 0 Å². The zero-order valence-electron chi connectivity index (χ0n) is 53.2. The highest BCUT2D eigenvalue weighted by atomic mass is 16.6. The van der Waals surface area contributed by atoms with Crippen molar-refractivity contribution < 1.29 is 28.6 Å². The van der Waals surface area contributed by atoms with E-state index in [-0.39, 0.29) is 31.1 Å². The molecular formula is C72H138O6. The van der Waals surface area contributed by atoms with Crippen LogP contribution in [0.4, 0.5) is 0 Å². The highest BCUT2D eigenvalue weighted by molar-refractivity contribution is 5.71. The quantitative estimate of drug-likeness (QED) is 0.0261. The molecule has 0 fully saturated rings. The van der Waals surface area contributed by atoms with Crippen molar-refractivity contribution in [2.45, 2.75) is 419 Å². The Hall–Kier alpha value is -1.85. The third-order valence-corrected chi connectivity index (χ3v) is 16.5. The third kappa shape index (κ3) is 65.0. The second-order valence-corrected chi connectivity index (χ2v) is 24.5. The van der Waals surface area contributed by atoms with Crippen molar-refractivity contribution in [2.75, 3.05) is 13.2 Å². The molecule has 0 aliphatic rings. The third-order valence-electron chi connectivity index (χ3n) is 16.5. The molecule has 1 unspecified atom stereocenters. The lowest BCUT2D eigenvalue weighted by molar-refractivity contribution is -0.167. The maximum atomic E-state index is 12.9. The highest BCUT2D eigenvalue weighted by Gasteiger charge is 2.19. The zero-order chi connectivity index (χ0) is 56.4. The lowest BCUT2D eigenvalue weighted by atomic mass is 10.0. The first-order valence-electron chi connectivity index (χ1n) is 35.7. The monoisotopic (exact) mass is 1100 g/mol. The van der Waals surface area contributed by atoms with Gasteiger partial charge in [-0.2, -0.15) is 0 Å². The maximum absolute atomic E-state index is 12.9. The topological polar surface area (TPSA) is 78.9 Å². The van der Waals surface area contributed by atoms with Crippen molar-refractivity contribution in [3.63, 3.8) is 0 Å². The molecule has 0 aromatic carbocycles. The Morgan fingerprint density at radius 2 is 0.423 bits per heavy atom. The van der Waals surface area contributed by atoms with Gasteiger partial charge in [-0.1, -0.05) is 360 Å². The summed E-state index contributed by atoms with van der Waals surface area (Å²) in [7, 11) is 0. The summed E-state index contributed by atoms with van der Waals surface area (Å²) in [6, 6.07) is 0. The number of esters is 3. The fourth-order valence-corrected chi connectivity index (χ4v) is 11.2. The van der Waals surface area contributed by atoms with E-state index in [1.807, 2.05) is 0 Å². The molecule has 0 rings (SSSR count). The van der Waals surface area contributed by atoms with Gasteiger partial charge in [0.15, 0.2) is 6.10 Å². The number of unbranched alkanes of at least 4 members (excludes halogenated alkanes) is 54. The summed E-state index contributed by atoms with van der Waals surface area (Å²) in [4.78, 5) is 38.4. The second-order valence-electron chi connectivity index (χ2n) is 24.5. The normalized spacial score (nSPS) is 12.0. The lowest BCUT2D eigenvalue weighted by Crippen LogP contribution is -2.30. The number of carbonyl (C=O) groups excluding carboxylic acids is 3. The SMILES string of the molecule is CCCCCCCCCC/C=C\CCCCCCCCCCCCCCCC(=O)OCC(COC(=O)CCCCCCCCCCCCC)OC(=O)CCCCCCCCCCCCCCCCCCCCCCCCCC. The molecule has 0 amide bonds. The molecule has 0 saturated heterocycles. The van der Waals surface area contributed by atoms with E-state index in [0.29, 0.717) is 19.3 Å². The highest BCUT2D eigenvalue weighted by Crippen LogP contribution is 2.19. The van der Waals surface area contributed by atoms with E-state index in [1.54, 1.807) is 0 Å². The largest absolute Gasteiger partial charge is 0.462 e. The Bertz CT molecular complexity index is 1210. The molecule has 0 aromatic rings. The fraction of sp³-hybridized carbons (Fsp3) is 0.931. The summed E-state index contributed by atoms with van der Waals surface area (Å²) in [5.41, 5.74) is 0. The maximum Gasteiger partial charge on any atom is 0.306 e. The van der Waals surface area contributed by atoms with Gasteiger partial charge in [-0.3, -0.25) is 14.4 Å². The van der Waals surface area contributed by atoms with Gasteiger partial charge in [-0.15, -0.1) is 0 Å². The molecule has 0 spiro atoms. The summed E-state index contributed by atoms with van der Waals surface area (Å²) in [6.07, 6.45) is 81.1. The molecule has 0 saturated carbocycles. The van der Waals surface area contributed by atoms with Crippen molar-refractivity contribution in [1.82, 2.24) is 0 Å². The average Bonchev–Trinajstić information content (AvgIpc) is 3.44. The average molecular weight is 1100 g/mol. The summed E-state index contributed by atoms with van der Waals surface area (Å²) in [5, 5.41) is 0. The number of allylic oxidation sites excluding steroid dienone is 2. The van der Waals surface area contributed by atoms with Gasteiger partial charge in [0.2, 0.25) is 0 Å². The molecule has 0 N–H and O–H groups in total. The predicted octanol–water partition coefficient (Wildman–Crippen LogP) is 24.4. The summed E-state index contributed by atoms with van der Waals surface area (Å²) in [6.45, 7) is 6.72. The van der Waals surface area contributed by atoms with E-state index >= 15 is 0 Å². The van der Waals surface area contributed by atoms with E-state index in [4.69, 9.17) is 14.2 Å². The van der Waals surface area contributed by atoms with Crippen LogP contribution < -0.4 is 0 Å². The number of hydrogen-bond acceptors (Lipinski definition) is 6. The Balaban J connectivity index is 4.15. The number of carbonyl (C=O) groups is 3. The molecule has 462 valence electrons. The standard InChI is InChI=1S/C72H138O6/c1-4-7-10-13-16-19-22-24-26-28-30-32-34-36-38-39-41-43-45-47-50-53-56-59-62-65-71(74)77-68-69(67-76-70(73)64-61-58-55-52-49-21-18-15-12-9-6-3)78-72(75)66-63-60-57-54-51-48-46-44-42-40-37-35-33-31-29-27-25-23-20-17-14-11-8-5-2/h28,30,69H,4-27,29,31-68H2,1-3H3/b30-28-. The van der Waals surface area contributed by atoms with Gasteiger partial charge in [0.25, 0.3) is 0 Å². The molecule has 78 heavy (non-hydrogen) atoms. The summed E-state index contributed by atoms with van der Waals surface area (Å²) >= 11 is 0. The first-order chi connectivity index (χ1) is 38.5. The summed E-state index contributed by atoms with van der Waals surface area (Å²) < 4.78 is 17.0. The first-order valence-corrected chi connectivity index (χ1v) is 35.7. The second kappa shape index (κ2) is 67.7. The molecule has 0 aromatic heterocycles. The van der Waals surface area contributed by atoms with Gasteiger partial charge in [-0.25, -0.2) is 0 Å². The number of rotatable bonds is 67. The first kappa shape index (κ1) is 76.1. The number of hydrogen-bond donors (Lipinski definition) is 0. The van der Waals surface area contributed by atoms with Crippen LogP contribution in [-0.2, 0) is 28.6 Å². The van der Waals surface area contributed by atoms with Crippen molar-refractivity contribution in [1.29, 1.82) is 0 Å². The van der Waals surface area contributed by atoms with Crippen LogP contribution in [0.3, 0.4) is 0 Å². The Morgan fingerprint density at radius 1 is 0.244 bits per heavy atom. The van der Waals surface area contributed by atoms with Crippen LogP contribution in [0.25, 0.3) is 0 Å². The van der Waals surface area contributed by atoms with E-state index in [2.05, 4.69) is 32.9 Å². The fourth-order valence-electron chi connectivity index (χ4n) is 11.2. The van der Waals surface area contributed by atoms with E-state index < -0.39 is 6.10 Å². The Labute approximate surface area is 488 Å². The van der Waals surface area contributed by atoms with Crippen molar-refractivity contribution in [3.05, 3.63) is 12.2 Å².